The summed E-state index contributed by atoms with van der Waals surface area (Å²) in [6, 6.07) is 12.4. The quantitative estimate of drug-likeness (QED) is 0.338. The number of hydrogen-bond donors (Lipinski definition) is 2. The van der Waals surface area contributed by atoms with Crippen LogP contribution in [0.4, 0.5) is 4.39 Å². The van der Waals surface area contributed by atoms with E-state index in [1.54, 1.807) is 18.5 Å². The fraction of sp³-hybridized carbons (Fsp3) is 0.179. The molecule has 1 saturated heterocycles. The van der Waals surface area contributed by atoms with E-state index in [-0.39, 0.29) is 5.82 Å². The van der Waals surface area contributed by atoms with Gasteiger partial charge in [0.15, 0.2) is 5.82 Å². The van der Waals surface area contributed by atoms with Crippen molar-refractivity contribution in [3.05, 3.63) is 78.6 Å². The van der Waals surface area contributed by atoms with Gasteiger partial charge in [0.1, 0.15) is 17.0 Å². The number of aromatic nitrogens is 7. The predicted octanol–water partition coefficient (Wildman–Crippen LogP) is 5.36. The van der Waals surface area contributed by atoms with Crippen molar-refractivity contribution in [1.82, 2.24) is 40.0 Å². The molecule has 6 aromatic rings. The highest BCUT2D eigenvalue weighted by atomic mass is 19.1. The molecule has 1 aliphatic heterocycles. The van der Waals surface area contributed by atoms with Gasteiger partial charge in [-0.05, 0) is 61.8 Å². The highest BCUT2D eigenvalue weighted by Crippen LogP contribution is 2.32. The molecule has 0 spiro atoms. The van der Waals surface area contributed by atoms with Crippen molar-refractivity contribution in [2.24, 2.45) is 0 Å². The number of nitrogens with zero attached hydrogens (tertiary/aromatic N) is 6. The van der Waals surface area contributed by atoms with Crippen molar-refractivity contribution in [2.45, 2.75) is 19.4 Å². The molecular formula is C28H23FN8. The molecule has 0 radical (unpaired) electrons. The van der Waals surface area contributed by atoms with Crippen LogP contribution in [0.25, 0.3) is 56.0 Å². The number of rotatable bonds is 5. The Bertz CT molecular complexity index is 1750. The zero-order valence-corrected chi connectivity index (χ0v) is 19.9. The van der Waals surface area contributed by atoms with Crippen LogP contribution in [0.2, 0.25) is 0 Å². The van der Waals surface area contributed by atoms with Crippen LogP contribution in [0.15, 0.2) is 67.3 Å². The summed E-state index contributed by atoms with van der Waals surface area (Å²) in [7, 11) is 0. The van der Waals surface area contributed by atoms with Crippen LogP contribution in [0.5, 0.6) is 0 Å². The monoisotopic (exact) mass is 490 g/mol. The van der Waals surface area contributed by atoms with Gasteiger partial charge in [-0.2, -0.15) is 5.10 Å². The van der Waals surface area contributed by atoms with Crippen LogP contribution in [-0.2, 0) is 6.54 Å². The molecule has 0 amide bonds. The summed E-state index contributed by atoms with van der Waals surface area (Å²) in [5.41, 5.74) is 7.21. The SMILES string of the molecule is Fc1cccc(-c2nccc3[nH]c(-c4n[nH]c5cnc(-c6cncc(CN7CCCC7)c6)cc45)nc23)c1. The van der Waals surface area contributed by atoms with Gasteiger partial charge >= 0.3 is 0 Å². The number of hydrogen-bond acceptors (Lipinski definition) is 6. The molecule has 2 N–H and O–H groups in total. The van der Waals surface area contributed by atoms with E-state index in [0.29, 0.717) is 28.3 Å². The fourth-order valence-corrected chi connectivity index (χ4v) is 5.06. The van der Waals surface area contributed by atoms with Gasteiger partial charge in [0.05, 0.1) is 28.6 Å². The summed E-state index contributed by atoms with van der Waals surface area (Å²) in [4.78, 5) is 24.3. The van der Waals surface area contributed by atoms with Crippen LogP contribution in [0.3, 0.4) is 0 Å². The lowest BCUT2D eigenvalue weighted by Gasteiger charge is -2.14. The van der Waals surface area contributed by atoms with Crippen LogP contribution < -0.4 is 0 Å². The van der Waals surface area contributed by atoms with E-state index in [4.69, 9.17) is 4.98 Å². The second kappa shape index (κ2) is 8.86. The zero-order chi connectivity index (χ0) is 24.8. The Hall–Kier alpha value is -4.50. The molecule has 1 aliphatic rings. The molecular weight excluding hydrogens is 467 g/mol. The normalized spacial score (nSPS) is 14.2. The van der Waals surface area contributed by atoms with Crippen molar-refractivity contribution in [1.29, 1.82) is 0 Å². The fourth-order valence-electron chi connectivity index (χ4n) is 5.06. The van der Waals surface area contributed by atoms with E-state index in [9.17, 15) is 4.39 Å². The molecule has 7 rings (SSSR count). The molecule has 1 fully saturated rings. The van der Waals surface area contributed by atoms with Crippen LogP contribution >= 0.6 is 0 Å². The van der Waals surface area contributed by atoms with Crippen molar-refractivity contribution >= 4 is 21.9 Å². The third kappa shape index (κ3) is 4.03. The Kier molecular flexibility index (Phi) is 5.21. The number of likely N-dealkylation sites (tertiary alicyclic amines) is 1. The smallest absolute Gasteiger partial charge is 0.159 e. The minimum Gasteiger partial charge on any atom is -0.336 e. The molecule has 1 aromatic carbocycles. The number of aromatic amines is 2. The number of pyridine rings is 3. The van der Waals surface area contributed by atoms with E-state index in [2.05, 4.69) is 41.1 Å². The van der Waals surface area contributed by atoms with Gasteiger partial charge < -0.3 is 4.98 Å². The topological polar surface area (TPSA) is 99.3 Å². The van der Waals surface area contributed by atoms with E-state index in [1.165, 1.54) is 30.5 Å². The summed E-state index contributed by atoms with van der Waals surface area (Å²) >= 11 is 0. The lowest BCUT2D eigenvalue weighted by atomic mass is 10.1. The average molecular weight is 491 g/mol. The first-order valence-electron chi connectivity index (χ1n) is 12.3. The first-order chi connectivity index (χ1) is 18.2. The van der Waals surface area contributed by atoms with Gasteiger partial charge in [-0.1, -0.05) is 12.1 Å². The summed E-state index contributed by atoms with van der Waals surface area (Å²) in [5.74, 6) is 0.286. The van der Waals surface area contributed by atoms with Crippen molar-refractivity contribution in [3.8, 4) is 34.0 Å². The van der Waals surface area contributed by atoms with Crippen molar-refractivity contribution in [3.63, 3.8) is 0 Å². The second-order valence-electron chi connectivity index (χ2n) is 9.40. The summed E-state index contributed by atoms with van der Waals surface area (Å²) in [5, 5.41) is 8.50. The Balaban J connectivity index is 1.28. The zero-order valence-electron chi connectivity index (χ0n) is 19.9. The summed E-state index contributed by atoms with van der Waals surface area (Å²) in [6.45, 7) is 3.18. The van der Waals surface area contributed by atoms with Crippen LogP contribution in [0, 0.1) is 5.82 Å². The number of H-pyrrole nitrogens is 2. The molecule has 5 aromatic heterocycles. The molecule has 6 heterocycles. The average Bonchev–Trinajstić information content (AvgIpc) is 3.67. The number of fused-ring (bicyclic) bond motifs is 2. The van der Waals surface area contributed by atoms with Crippen molar-refractivity contribution in [2.75, 3.05) is 13.1 Å². The number of benzene rings is 1. The summed E-state index contributed by atoms with van der Waals surface area (Å²) in [6.07, 6.45) is 9.78. The van der Waals surface area contributed by atoms with Crippen LogP contribution in [-0.4, -0.2) is 53.1 Å². The highest BCUT2D eigenvalue weighted by molar-refractivity contribution is 5.96. The Labute approximate surface area is 211 Å². The minimum absolute atomic E-state index is 0.315. The van der Waals surface area contributed by atoms with Gasteiger partial charge in [0.25, 0.3) is 0 Å². The van der Waals surface area contributed by atoms with Crippen LogP contribution in [0.1, 0.15) is 18.4 Å². The Morgan fingerprint density at radius 3 is 2.70 bits per heavy atom. The van der Waals surface area contributed by atoms with E-state index in [0.717, 1.165) is 47.3 Å². The minimum atomic E-state index is -0.315. The molecule has 182 valence electrons. The maximum absolute atomic E-state index is 13.9. The largest absolute Gasteiger partial charge is 0.336 e. The standard InChI is InChI=1S/C28H23FN8/c29-20-5-3-4-18(11-20)25-27-22(6-7-31-25)33-28(34-27)26-21-12-23(32-15-24(21)35-36-26)19-10-17(13-30-14-19)16-37-8-1-2-9-37/h3-7,10-15H,1-2,8-9,16H2,(H,33,34)(H,35,36). The second-order valence-corrected chi connectivity index (χ2v) is 9.40. The first-order valence-corrected chi connectivity index (χ1v) is 12.3. The molecule has 9 heteroatoms. The third-order valence-electron chi connectivity index (χ3n) is 6.87. The lowest BCUT2D eigenvalue weighted by Crippen LogP contribution is -2.18. The van der Waals surface area contributed by atoms with E-state index < -0.39 is 0 Å². The van der Waals surface area contributed by atoms with E-state index in [1.807, 2.05) is 30.6 Å². The Morgan fingerprint density at radius 1 is 0.892 bits per heavy atom. The maximum Gasteiger partial charge on any atom is 0.159 e. The van der Waals surface area contributed by atoms with Gasteiger partial charge in [0, 0.05) is 41.6 Å². The molecule has 0 saturated carbocycles. The molecule has 0 atom stereocenters. The Morgan fingerprint density at radius 2 is 1.81 bits per heavy atom. The maximum atomic E-state index is 13.9. The van der Waals surface area contributed by atoms with Gasteiger partial charge in [-0.3, -0.25) is 25.0 Å². The first kappa shape index (κ1) is 21.8. The molecule has 8 nitrogen and oxygen atoms in total. The van der Waals surface area contributed by atoms with Crippen molar-refractivity contribution < 1.29 is 4.39 Å². The van der Waals surface area contributed by atoms with Gasteiger partial charge in [0.2, 0.25) is 0 Å². The van der Waals surface area contributed by atoms with E-state index >= 15 is 0 Å². The molecule has 37 heavy (non-hydrogen) atoms. The molecule has 0 unspecified atom stereocenters. The number of halogens is 1. The highest BCUT2D eigenvalue weighted by Gasteiger charge is 2.18. The third-order valence-corrected chi connectivity index (χ3v) is 6.87. The number of nitrogens with one attached hydrogen (secondary N) is 2. The predicted molar refractivity (Wildman–Crippen MR) is 140 cm³/mol. The molecule has 0 aliphatic carbocycles. The number of imidazole rings is 1. The van der Waals surface area contributed by atoms with Gasteiger partial charge in [-0.25, -0.2) is 9.37 Å². The lowest BCUT2D eigenvalue weighted by molar-refractivity contribution is 0.331. The van der Waals surface area contributed by atoms with Gasteiger partial charge in [-0.15, -0.1) is 0 Å². The summed E-state index contributed by atoms with van der Waals surface area (Å²) < 4.78 is 13.9. The molecule has 0 bridgehead atoms.